The number of ether oxygens (including phenoxy) is 3. The summed E-state index contributed by atoms with van der Waals surface area (Å²) in [5.74, 6) is -2.24. The van der Waals surface area contributed by atoms with Crippen molar-refractivity contribution >= 4 is 14.3 Å². The molecule has 0 bridgehead atoms. The zero-order valence-corrected chi connectivity index (χ0v) is 18.1. The lowest BCUT2D eigenvalue weighted by Gasteiger charge is -2.59. The molecule has 1 aliphatic heterocycles. The zero-order chi connectivity index (χ0) is 21.0. The molecule has 0 radical (unpaired) electrons. The lowest BCUT2D eigenvalue weighted by molar-refractivity contribution is -0.400. The third-order valence-electron chi connectivity index (χ3n) is 5.88. The Morgan fingerprint density at radius 1 is 1.18 bits per heavy atom. The Hall–Kier alpha value is -1.06. The summed E-state index contributed by atoms with van der Waals surface area (Å²) < 4.78 is 66.3. The van der Waals surface area contributed by atoms with Crippen molar-refractivity contribution in [1.29, 1.82) is 0 Å². The molecule has 3 aliphatic rings. The molecule has 0 aromatic heterocycles. The summed E-state index contributed by atoms with van der Waals surface area (Å²) in [6.07, 6.45) is -2.18. The molecule has 1 heterocycles. The second-order valence-corrected chi connectivity index (χ2v) is 13.6. The number of esters is 1. The number of carbonyl (C=O) groups excluding carboxylic acids is 1. The van der Waals surface area contributed by atoms with Crippen LogP contribution in [0.15, 0.2) is 11.8 Å². The summed E-state index contributed by atoms with van der Waals surface area (Å²) in [5, 5.41) is 0. The average Bonchev–Trinajstić information content (AvgIpc) is 2.50. The van der Waals surface area contributed by atoms with Crippen LogP contribution >= 0.6 is 0 Å². The van der Waals surface area contributed by atoms with E-state index in [1.54, 1.807) is 0 Å². The van der Waals surface area contributed by atoms with Gasteiger partial charge >= 0.3 is 12.1 Å². The lowest BCUT2D eigenvalue weighted by Crippen LogP contribution is -2.75. The number of alkyl halides is 3. The van der Waals surface area contributed by atoms with Crippen molar-refractivity contribution in [3.63, 3.8) is 0 Å². The molecule has 2 fully saturated rings. The highest BCUT2D eigenvalue weighted by Gasteiger charge is 2.80. The third kappa shape index (κ3) is 3.29. The maximum absolute atomic E-state index is 14.5. The second kappa shape index (κ2) is 6.73. The Morgan fingerprint density at radius 2 is 1.79 bits per heavy atom. The van der Waals surface area contributed by atoms with Crippen molar-refractivity contribution in [2.75, 3.05) is 7.11 Å². The number of fused-ring (bicyclic) bond motifs is 1. The van der Waals surface area contributed by atoms with Gasteiger partial charge in [-0.2, -0.15) is 13.2 Å². The van der Waals surface area contributed by atoms with Crippen molar-refractivity contribution < 1.29 is 36.6 Å². The maximum Gasteiger partial charge on any atom is 0.410 e. The van der Waals surface area contributed by atoms with Crippen molar-refractivity contribution in [1.82, 2.24) is 0 Å². The van der Waals surface area contributed by atoms with Gasteiger partial charge in [-0.05, 0) is 45.5 Å². The average molecular weight is 423 g/mol. The molecule has 3 rings (SSSR count). The minimum atomic E-state index is -4.92. The van der Waals surface area contributed by atoms with E-state index in [0.717, 1.165) is 26.4 Å². The Kier molecular flexibility index (Phi) is 5.21. The minimum absolute atomic E-state index is 0.159. The van der Waals surface area contributed by atoms with E-state index in [1.807, 2.05) is 19.6 Å². The molecule has 1 spiro atoms. The van der Waals surface area contributed by atoms with Gasteiger partial charge in [0.05, 0.1) is 5.76 Å². The van der Waals surface area contributed by atoms with Gasteiger partial charge < -0.3 is 18.6 Å². The quantitative estimate of drug-likeness (QED) is 0.488. The monoisotopic (exact) mass is 422 g/mol. The molecule has 0 aromatic rings. The van der Waals surface area contributed by atoms with Crippen molar-refractivity contribution in [3.8, 4) is 0 Å². The van der Waals surface area contributed by atoms with Gasteiger partial charge in [-0.15, -0.1) is 0 Å². The molecular weight excluding hydrogens is 393 g/mol. The van der Waals surface area contributed by atoms with Gasteiger partial charge in [-0.1, -0.05) is 6.42 Å². The molecule has 5 nitrogen and oxygen atoms in total. The molecule has 2 aliphatic carbocycles. The Morgan fingerprint density at radius 3 is 2.29 bits per heavy atom. The van der Waals surface area contributed by atoms with Crippen LogP contribution < -0.4 is 0 Å². The summed E-state index contributed by atoms with van der Waals surface area (Å²) in [6, 6.07) is 0. The van der Waals surface area contributed by atoms with Crippen molar-refractivity contribution in [3.05, 3.63) is 11.8 Å². The lowest BCUT2D eigenvalue weighted by atomic mass is 9.62. The molecule has 1 saturated heterocycles. The first-order valence-corrected chi connectivity index (χ1v) is 13.1. The fourth-order valence-electron chi connectivity index (χ4n) is 4.83. The molecule has 160 valence electrons. The molecule has 0 unspecified atom stereocenters. The second-order valence-electron chi connectivity index (χ2n) is 9.18. The van der Waals surface area contributed by atoms with Crippen LogP contribution in [0.2, 0.25) is 19.6 Å². The summed E-state index contributed by atoms with van der Waals surface area (Å²) in [4.78, 5) is 13.1. The van der Waals surface area contributed by atoms with Crippen LogP contribution in [-0.4, -0.2) is 45.1 Å². The number of hydrogen-bond acceptors (Lipinski definition) is 5. The largest absolute Gasteiger partial charge is 0.547 e. The highest BCUT2D eigenvalue weighted by atomic mass is 28.4. The van der Waals surface area contributed by atoms with Crippen LogP contribution in [0.3, 0.4) is 0 Å². The third-order valence-corrected chi connectivity index (χ3v) is 6.75. The number of rotatable bonds is 3. The Labute approximate surface area is 164 Å². The van der Waals surface area contributed by atoms with Gasteiger partial charge in [0.1, 0.15) is 11.7 Å². The van der Waals surface area contributed by atoms with Gasteiger partial charge in [0.2, 0.25) is 19.5 Å². The van der Waals surface area contributed by atoms with E-state index >= 15 is 0 Å². The van der Waals surface area contributed by atoms with Gasteiger partial charge in [0.25, 0.3) is 0 Å². The van der Waals surface area contributed by atoms with Gasteiger partial charge in [-0.25, -0.2) is 0 Å². The highest BCUT2D eigenvalue weighted by Crippen LogP contribution is 2.62. The zero-order valence-electron chi connectivity index (χ0n) is 17.1. The predicted molar refractivity (Wildman–Crippen MR) is 97.8 cm³/mol. The van der Waals surface area contributed by atoms with E-state index in [4.69, 9.17) is 18.6 Å². The molecule has 0 N–H and O–H groups in total. The van der Waals surface area contributed by atoms with Crippen LogP contribution in [0.4, 0.5) is 13.2 Å². The summed E-state index contributed by atoms with van der Waals surface area (Å²) >= 11 is 0. The van der Waals surface area contributed by atoms with E-state index in [9.17, 15) is 18.0 Å². The first-order valence-electron chi connectivity index (χ1n) is 9.71. The van der Waals surface area contributed by atoms with Crippen molar-refractivity contribution in [2.24, 2.45) is 5.41 Å². The number of methoxy groups -OCH3 is 1. The molecule has 1 saturated carbocycles. The Bertz CT molecular complexity index is 665. The van der Waals surface area contributed by atoms with E-state index in [1.165, 1.54) is 13.0 Å². The number of hydrogen-bond donors (Lipinski definition) is 0. The minimum Gasteiger partial charge on any atom is -0.547 e. The van der Waals surface area contributed by atoms with Crippen LogP contribution in [0.1, 0.15) is 45.4 Å². The van der Waals surface area contributed by atoms with Crippen LogP contribution in [-0.2, 0) is 23.4 Å². The SMILES string of the molecule is CO[C@H]1C=C(O[Si](C)(C)C)C[C@@]2(C)OC3(CCCCC3)OC(=O)[C@@]12C(F)(F)F. The van der Waals surface area contributed by atoms with E-state index in [-0.39, 0.29) is 6.42 Å². The van der Waals surface area contributed by atoms with E-state index in [0.29, 0.717) is 18.6 Å². The fourth-order valence-corrected chi connectivity index (χ4v) is 5.76. The molecule has 9 heteroatoms. The first-order chi connectivity index (χ1) is 12.8. The van der Waals surface area contributed by atoms with Gasteiger partial charge in [0.15, 0.2) is 0 Å². The highest BCUT2D eigenvalue weighted by molar-refractivity contribution is 6.70. The smallest absolute Gasteiger partial charge is 0.410 e. The van der Waals surface area contributed by atoms with Gasteiger partial charge in [0, 0.05) is 26.4 Å². The standard InChI is InChI=1S/C19H29F3O5Si/c1-16-12-13(26-28(3,4)5)11-14(24-2)18(16,19(20,21)22)15(23)25-17(27-16)9-7-6-8-10-17/h11,14H,6-10,12H2,1-5H3/t14-,16+,18-/m0/s1. The summed E-state index contributed by atoms with van der Waals surface area (Å²) in [5.41, 5.74) is -4.83. The number of halogens is 3. The maximum atomic E-state index is 14.5. The van der Waals surface area contributed by atoms with E-state index in [2.05, 4.69) is 0 Å². The molecular formula is C19H29F3O5Si. The predicted octanol–water partition coefficient (Wildman–Crippen LogP) is 4.68. The summed E-state index contributed by atoms with van der Waals surface area (Å²) in [6.45, 7) is 7.19. The van der Waals surface area contributed by atoms with Crippen LogP contribution in [0.5, 0.6) is 0 Å². The first kappa shape index (κ1) is 21.6. The molecule has 0 aromatic carbocycles. The molecule has 28 heavy (non-hydrogen) atoms. The van der Waals surface area contributed by atoms with Crippen LogP contribution in [0, 0.1) is 5.41 Å². The van der Waals surface area contributed by atoms with Crippen LogP contribution in [0.25, 0.3) is 0 Å². The Balaban J connectivity index is 2.14. The number of carbonyl (C=O) groups is 1. The topological polar surface area (TPSA) is 54.0 Å². The molecule has 0 amide bonds. The normalized spacial score (nSPS) is 35.8. The fraction of sp³-hybridized carbons (Fsp3) is 0.842. The van der Waals surface area contributed by atoms with E-state index < -0.39 is 43.4 Å². The van der Waals surface area contributed by atoms with Gasteiger partial charge in [-0.3, -0.25) is 4.79 Å². The summed E-state index contributed by atoms with van der Waals surface area (Å²) in [7, 11) is -0.931. The van der Waals surface area contributed by atoms with Crippen molar-refractivity contribution in [2.45, 2.75) is 88.8 Å². The molecule has 3 atom stereocenters.